The Labute approximate surface area is 381 Å². The van der Waals surface area contributed by atoms with Gasteiger partial charge in [0.25, 0.3) is 0 Å². The molecule has 0 aliphatic carbocycles. The molecular weight excluding hydrogens is 775 g/mol. The smallest absolute Gasteiger partial charge is 0.199 e. The Kier molecular flexibility index (Phi) is 57.9. The SMILES string of the molecule is C.CCCCCCCCCCCCCCCCCCCCCCCCCCCCCCCCCCCCCCCCCCCCCCOP(C)(=O)CC.CCP(C)(=O)OC. The van der Waals surface area contributed by atoms with Crippen LogP contribution in [0.15, 0.2) is 0 Å². The van der Waals surface area contributed by atoms with Gasteiger partial charge in [-0.15, -0.1) is 0 Å². The van der Waals surface area contributed by atoms with Crippen LogP contribution in [0.2, 0.25) is 0 Å². The summed E-state index contributed by atoms with van der Waals surface area (Å²) in [5.74, 6) is 0. The maximum Gasteiger partial charge on any atom is 0.199 e. The molecule has 0 fully saturated rings. The van der Waals surface area contributed by atoms with Crippen LogP contribution in [-0.2, 0) is 18.2 Å². The van der Waals surface area contributed by atoms with Gasteiger partial charge in [0, 0.05) is 32.8 Å². The summed E-state index contributed by atoms with van der Waals surface area (Å²) >= 11 is 0. The van der Waals surface area contributed by atoms with Crippen LogP contribution in [0, 0.1) is 0 Å². The summed E-state index contributed by atoms with van der Waals surface area (Å²) < 4.78 is 32.8. The van der Waals surface area contributed by atoms with E-state index in [9.17, 15) is 9.13 Å². The van der Waals surface area contributed by atoms with Crippen molar-refractivity contribution in [3.63, 3.8) is 0 Å². The molecule has 0 rings (SSSR count). The molecule has 0 amide bonds. The van der Waals surface area contributed by atoms with Crippen molar-refractivity contribution in [1.82, 2.24) is 0 Å². The predicted molar refractivity (Wildman–Crippen MR) is 277 cm³/mol. The van der Waals surface area contributed by atoms with Gasteiger partial charge in [0.1, 0.15) is 0 Å². The molecule has 0 aromatic carbocycles. The molecule has 0 spiro atoms. The Morgan fingerprint density at radius 1 is 0.283 bits per heavy atom. The highest BCUT2D eigenvalue weighted by Gasteiger charge is 2.11. The van der Waals surface area contributed by atoms with E-state index in [1.807, 2.05) is 13.8 Å². The normalized spacial score (nSPS) is 13.4. The molecule has 2 unspecified atom stereocenters. The molecule has 0 aromatic heterocycles. The minimum Gasteiger partial charge on any atom is -0.332 e. The van der Waals surface area contributed by atoms with Crippen LogP contribution < -0.4 is 0 Å². The monoisotopic (exact) mass is 891 g/mol. The molecule has 0 bridgehead atoms. The van der Waals surface area contributed by atoms with E-state index in [1.54, 1.807) is 13.3 Å². The summed E-state index contributed by atoms with van der Waals surface area (Å²) in [5, 5.41) is 0. The van der Waals surface area contributed by atoms with Crippen LogP contribution in [0.4, 0.5) is 0 Å². The van der Waals surface area contributed by atoms with E-state index >= 15 is 0 Å². The average molecular weight is 891 g/mol. The summed E-state index contributed by atoms with van der Waals surface area (Å²) in [6, 6.07) is 0. The summed E-state index contributed by atoms with van der Waals surface area (Å²) in [6.45, 7) is 10.2. The Balaban J connectivity index is -0.00000370. The van der Waals surface area contributed by atoms with Gasteiger partial charge in [-0.25, -0.2) is 0 Å². The lowest BCUT2D eigenvalue weighted by molar-refractivity contribution is 0.305. The van der Waals surface area contributed by atoms with E-state index in [1.165, 1.54) is 283 Å². The lowest BCUT2D eigenvalue weighted by Crippen LogP contribution is -1.94. The van der Waals surface area contributed by atoms with Crippen LogP contribution in [0.5, 0.6) is 0 Å². The van der Waals surface area contributed by atoms with Gasteiger partial charge in [0.05, 0.1) is 6.61 Å². The van der Waals surface area contributed by atoms with Gasteiger partial charge in [0.15, 0.2) is 14.7 Å². The first-order valence-electron chi connectivity index (χ1n) is 27.1. The van der Waals surface area contributed by atoms with Gasteiger partial charge < -0.3 is 9.05 Å². The standard InChI is InChI=1S/C49H101O2P.C4H11O2P.CH4/c1-4-6-7-8-9-10-11-12-13-14-15-16-17-18-19-20-21-22-23-24-25-26-27-28-29-30-31-32-33-34-35-36-37-38-39-40-41-42-43-44-45-46-47-48-49-51-52(3,50)5-2;1-4-7(3,5)6-2;/h4-49H2,1-3H3;4H2,1-3H3;1H4. The van der Waals surface area contributed by atoms with E-state index in [4.69, 9.17) is 4.52 Å². The highest BCUT2D eigenvalue weighted by atomic mass is 31.2. The molecule has 0 aliphatic rings. The van der Waals surface area contributed by atoms with Crippen LogP contribution in [0.25, 0.3) is 0 Å². The topological polar surface area (TPSA) is 52.6 Å². The summed E-state index contributed by atoms with van der Waals surface area (Å²) in [7, 11) is -2.96. The van der Waals surface area contributed by atoms with Crippen molar-refractivity contribution in [2.24, 2.45) is 0 Å². The van der Waals surface area contributed by atoms with E-state index in [2.05, 4.69) is 11.4 Å². The van der Waals surface area contributed by atoms with E-state index in [-0.39, 0.29) is 7.43 Å². The third-order valence-electron chi connectivity index (χ3n) is 12.9. The number of hydrogen-bond acceptors (Lipinski definition) is 4. The Hall–Kier alpha value is 0.380. The lowest BCUT2D eigenvalue weighted by atomic mass is 10.0. The highest BCUT2D eigenvalue weighted by molar-refractivity contribution is 7.58. The third kappa shape index (κ3) is 58.4. The zero-order valence-corrected chi connectivity index (χ0v) is 43.6. The second-order valence-corrected chi connectivity index (χ2v) is 24.8. The number of hydrogen-bond donors (Lipinski definition) is 0. The van der Waals surface area contributed by atoms with Crippen molar-refractivity contribution in [3.05, 3.63) is 0 Å². The molecule has 0 saturated heterocycles. The minimum atomic E-state index is -2.28. The fourth-order valence-electron chi connectivity index (χ4n) is 8.08. The van der Waals surface area contributed by atoms with Crippen molar-refractivity contribution in [2.45, 2.75) is 311 Å². The first kappa shape index (κ1) is 64.7. The summed E-state index contributed by atoms with van der Waals surface area (Å²) in [4.78, 5) is 0. The lowest BCUT2D eigenvalue weighted by Gasteiger charge is -2.11. The summed E-state index contributed by atoms with van der Waals surface area (Å²) in [6.07, 6.45) is 65.1. The number of rotatable bonds is 49. The van der Waals surface area contributed by atoms with Crippen molar-refractivity contribution in [3.8, 4) is 0 Å². The Morgan fingerprint density at radius 3 is 0.583 bits per heavy atom. The largest absolute Gasteiger partial charge is 0.332 e. The van der Waals surface area contributed by atoms with Crippen molar-refractivity contribution in [1.29, 1.82) is 0 Å². The van der Waals surface area contributed by atoms with Gasteiger partial charge in [0.2, 0.25) is 0 Å². The van der Waals surface area contributed by atoms with Crippen LogP contribution in [0.1, 0.15) is 311 Å². The zero-order valence-electron chi connectivity index (χ0n) is 41.8. The maximum atomic E-state index is 11.9. The van der Waals surface area contributed by atoms with Crippen LogP contribution in [0.3, 0.4) is 0 Å². The maximum absolute atomic E-state index is 11.9. The Bertz CT molecular complexity index is 857. The first-order chi connectivity index (χ1) is 28.7. The molecule has 0 saturated carbocycles. The molecule has 6 heteroatoms. The van der Waals surface area contributed by atoms with Gasteiger partial charge >= 0.3 is 0 Å². The second-order valence-electron chi connectivity index (χ2n) is 18.9. The predicted octanol–water partition coefficient (Wildman–Crippen LogP) is 21.3. The molecule has 366 valence electrons. The van der Waals surface area contributed by atoms with Crippen molar-refractivity contribution < 1.29 is 18.2 Å². The number of unbranched alkanes of at least 4 members (excludes halogenated alkanes) is 43. The molecule has 4 nitrogen and oxygen atoms in total. The molecule has 0 aliphatic heterocycles. The fourth-order valence-corrected chi connectivity index (χ4v) is 9.03. The molecule has 0 aromatic rings. The fraction of sp³-hybridized carbons (Fsp3) is 1.00. The highest BCUT2D eigenvalue weighted by Crippen LogP contribution is 2.42. The molecule has 2 atom stereocenters. The zero-order chi connectivity index (χ0) is 43.6. The van der Waals surface area contributed by atoms with Crippen LogP contribution in [-0.4, -0.2) is 39.4 Å². The molecular formula is C54H116O4P2. The molecule has 0 heterocycles. The average Bonchev–Trinajstić information content (AvgIpc) is 3.23. The Morgan fingerprint density at radius 2 is 0.450 bits per heavy atom. The van der Waals surface area contributed by atoms with Gasteiger partial charge in [-0.2, -0.15) is 0 Å². The quantitative estimate of drug-likeness (QED) is 0.0451. The molecule has 60 heavy (non-hydrogen) atoms. The summed E-state index contributed by atoms with van der Waals surface area (Å²) in [5.41, 5.74) is 0. The third-order valence-corrected chi connectivity index (χ3v) is 16.7. The van der Waals surface area contributed by atoms with Crippen LogP contribution >= 0.6 is 14.7 Å². The molecule has 0 radical (unpaired) electrons. The van der Waals surface area contributed by atoms with E-state index < -0.39 is 14.7 Å². The first-order valence-corrected chi connectivity index (χ1v) is 31.6. The second kappa shape index (κ2) is 53.7. The van der Waals surface area contributed by atoms with Gasteiger partial charge in [-0.05, 0) is 6.42 Å². The molecule has 0 N–H and O–H groups in total. The van der Waals surface area contributed by atoms with Crippen molar-refractivity contribution in [2.75, 3.05) is 39.4 Å². The van der Waals surface area contributed by atoms with Gasteiger partial charge in [-0.3, -0.25) is 9.13 Å². The van der Waals surface area contributed by atoms with E-state index in [0.29, 0.717) is 18.9 Å². The van der Waals surface area contributed by atoms with Crippen molar-refractivity contribution >= 4 is 14.7 Å². The van der Waals surface area contributed by atoms with Gasteiger partial charge in [-0.1, -0.05) is 304 Å². The van der Waals surface area contributed by atoms with E-state index in [0.717, 1.165) is 6.42 Å². The minimum absolute atomic E-state index is 0.